The number of nitrogens with one attached hydrogen (secondary N) is 1. The molecule has 0 aliphatic heterocycles. The Morgan fingerprint density at radius 2 is 1.79 bits per heavy atom. The van der Waals surface area contributed by atoms with Crippen molar-refractivity contribution in [1.29, 1.82) is 0 Å². The molecule has 0 fully saturated rings. The number of rotatable bonds is 5. The van der Waals surface area contributed by atoms with Gasteiger partial charge in [0.05, 0.1) is 0 Å². The maximum atomic E-state index is 9.94. The molecule has 19 heavy (non-hydrogen) atoms. The fraction of sp³-hybridized carbons (Fsp3) is 0.294. The predicted molar refractivity (Wildman–Crippen MR) is 79.4 cm³/mol. The molecular weight excluding hydrogens is 234 g/mol. The van der Waals surface area contributed by atoms with Crippen LogP contribution in [0.1, 0.15) is 29.5 Å². The lowest BCUT2D eigenvalue weighted by atomic mass is 10.0. The largest absolute Gasteiger partial charge is 0.507 e. The van der Waals surface area contributed by atoms with Gasteiger partial charge in [0.2, 0.25) is 0 Å². The summed E-state index contributed by atoms with van der Waals surface area (Å²) in [5.41, 5.74) is 3.22. The summed E-state index contributed by atoms with van der Waals surface area (Å²) in [7, 11) is 0. The van der Waals surface area contributed by atoms with Crippen LogP contribution in [0.2, 0.25) is 0 Å². The van der Waals surface area contributed by atoms with Gasteiger partial charge in [-0.1, -0.05) is 55.5 Å². The lowest BCUT2D eigenvalue weighted by molar-refractivity contribution is 0.459. The lowest BCUT2D eigenvalue weighted by Crippen LogP contribution is -2.19. The maximum Gasteiger partial charge on any atom is 0.122 e. The molecule has 0 aliphatic rings. The summed E-state index contributed by atoms with van der Waals surface area (Å²) in [6.45, 7) is 5.73. The molecule has 1 unspecified atom stereocenters. The Hall–Kier alpha value is -1.80. The van der Waals surface area contributed by atoms with Gasteiger partial charge >= 0.3 is 0 Å². The molecule has 2 aromatic carbocycles. The smallest absolute Gasteiger partial charge is 0.122 e. The van der Waals surface area contributed by atoms with Gasteiger partial charge < -0.3 is 10.4 Å². The fourth-order valence-corrected chi connectivity index (χ4v) is 2.19. The van der Waals surface area contributed by atoms with Gasteiger partial charge in [0, 0.05) is 18.7 Å². The second-order valence-corrected chi connectivity index (χ2v) is 5.03. The van der Waals surface area contributed by atoms with Crippen molar-refractivity contribution >= 4 is 0 Å². The van der Waals surface area contributed by atoms with Crippen LogP contribution < -0.4 is 5.32 Å². The molecule has 0 amide bonds. The molecule has 0 bridgehead atoms. The average molecular weight is 255 g/mol. The van der Waals surface area contributed by atoms with E-state index in [0.717, 1.165) is 17.7 Å². The van der Waals surface area contributed by atoms with E-state index >= 15 is 0 Å². The lowest BCUT2D eigenvalue weighted by Gasteiger charge is -2.14. The monoisotopic (exact) mass is 255 g/mol. The number of phenolic OH excluding ortho intramolecular Hbond substituents is 1. The van der Waals surface area contributed by atoms with Gasteiger partial charge in [-0.3, -0.25) is 0 Å². The first-order valence-corrected chi connectivity index (χ1v) is 6.71. The zero-order chi connectivity index (χ0) is 13.7. The fourth-order valence-electron chi connectivity index (χ4n) is 2.19. The number of aryl methyl sites for hydroxylation is 1. The Labute approximate surface area is 115 Å². The summed E-state index contributed by atoms with van der Waals surface area (Å²) in [5.74, 6) is 0.871. The third kappa shape index (κ3) is 3.58. The average Bonchev–Trinajstić information content (AvgIpc) is 2.44. The first kappa shape index (κ1) is 13.6. The highest BCUT2D eigenvalue weighted by atomic mass is 16.3. The van der Waals surface area contributed by atoms with Crippen LogP contribution in [-0.2, 0) is 6.54 Å². The second-order valence-electron chi connectivity index (χ2n) is 5.03. The van der Waals surface area contributed by atoms with Crippen LogP contribution in [0, 0.1) is 6.92 Å². The number of phenols is 1. The molecule has 0 heterocycles. The quantitative estimate of drug-likeness (QED) is 0.855. The maximum absolute atomic E-state index is 9.94. The van der Waals surface area contributed by atoms with Crippen LogP contribution in [0.5, 0.6) is 5.75 Å². The van der Waals surface area contributed by atoms with E-state index in [2.05, 4.69) is 36.5 Å². The van der Waals surface area contributed by atoms with Crippen LogP contribution >= 0.6 is 0 Å². The van der Waals surface area contributed by atoms with Crippen molar-refractivity contribution in [3.63, 3.8) is 0 Å². The van der Waals surface area contributed by atoms with Crippen molar-refractivity contribution < 1.29 is 5.11 Å². The van der Waals surface area contributed by atoms with Gasteiger partial charge in [-0.25, -0.2) is 0 Å². The van der Waals surface area contributed by atoms with Crippen LogP contribution in [-0.4, -0.2) is 11.7 Å². The molecular formula is C17H21NO. The van der Waals surface area contributed by atoms with E-state index in [1.165, 1.54) is 5.56 Å². The molecule has 0 radical (unpaired) electrons. The van der Waals surface area contributed by atoms with Crippen LogP contribution in [0.4, 0.5) is 0 Å². The predicted octanol–water partition coefficient (Wildman–Crippen LogP) is 3.59. The zero-order valence-corrected chi connectivity index (χ0v) is 11.6. The second kappa shape index (κ2) is 6.39. The van der Waals surface area contributed by atoms with Gasteiger partial charge in [0.15, 0.2) is 0 Å². The number of hydrogen-bond donors (Lipinski definition) is 2. The summed E-state index contributed by atoms with van der Waals surface area (Å²) >= 11 is 0. The number of benzene rings is 2. The molecule has 2 aromatic rings. The molecule has 100 valence electrons. The van der Waals surface area contributed by atoms with Crippen molar-refractivity contribution in [3.05, 3.63) is 65.2 Å². The molecule has 0 saturated heterocycles. The Bertz CT molecular complexity index is 522. The molecule has 0 spiro atoms. The molecule has 0 aromatic heterocycles. The van der Waals surface area contributed by atoms with Gasteiger partial charge in [-0.2, -0.15) is 0 Å². The minimum atomic E-state index is 0.405. The van der Waals surface area contributed by atoms with Crippen molar-refractivity contribution in [2.75, 3.05) is 6.54 Å². The zero-order valence-electron chi connectivity index (χ0n) is 11.6. The number of aromatic hydroxyl groups is 1. The SMILES string of the molecule is Cc1cccc(CNCC(C)c2ccccc2)c1O. The van der Waals surface area contributed by atoms with Crippen LogP contribution in [0.15, 0.2) is 48.5 Å². The highest BCUT2D eigenvalue weighted by Crippen LogP contribution is 2.21. The van der Waals surface area contributed by atoms with Gasteiger partial charge in [0.1, 0.15) is 5.75 Å². The minimum absolute atomic E-state index is 0.405. The highest BCUT2D eigenvalue weighted by molar-refractivity contribution is 5.39. The van der Waals surface area contributed by atoms with E-state index in [-0.39, 0.29) is 0 Å². The van der Waals surface area contributed by atoms with Crippen LogP contribution in [0.25, 0.3) is 0 Å². The summed E-state index contributed by atoms with van der Waals surface area (Å²) in [4.78, 5) is 0. The summed E-state index contributed by atoms with van der Waals surface area (Å²) in [6, 6.07) is 16.3. The van der Waals surface area contributed by atoms with E-state index in [0.29, 0.717) is 18.2 Å². The topological polar surface area (TPSA) is 32.3 Å². The third-order valence-electron chi connectivity index (χ3n) is 3.46. The molecule has 2 rings (SSSR count). The molecule has 2 N–H and O–H groups in total. The van der Waals surface area contributed by atoms with Crippen molar-refractivity contribution in [2.24, 2.45) is 0 Å². The van der Waals surface area contributed by atoms with E-state index in [1.54, 1.807) is 0 Å². The van der Waals surface area contributed by atoms with Crippen molar-refractivity contribution in [1.82, 2.24) is 5.32 Å². The van der Waals surface area contributed by atoms with Crippen molar-refractivity contribution in [2.45, 2.75) is 26.3 Å². The normalized spacial score (nSPS) is 12.3. The Morgan fingerprint density at radius 1 is 1.05 bits per heavy atom. The Morgan fingerprint density at radius 3 is 2.53 bits per heavy atom. The minimum Gasteiger partial charge on any atom is -0.507 e. The van der Waals surface area contributed by atoms with E-state index in [9.17, 15) is 5.11 Å². The van der Waals surface area contributed by atoms with Gasteiger partial charge in [0.25, 0.3) is 0 Å². The van der Waals surface area contributed by atoms with Gasteiger partial charge in [-0.15, -0.1) is 0 Å². The van der Waals surface area contributed by atoms with E-state index in [4.69, 9.17) is 0 Å². The summed E-state index contributed by atoms with van der Waals surface area (Å²) < 4.78 is 0. The van der Waals surface area contributed by atoms with Crippen LogP contribution in [0.3, 0.4) is 0 Å². The number of para-hydroxylation sites is 1. The van der Waals surface area contributed by atoms with Crippen molar-refractivity contribution in [3.8, 4) is 5.75 Å². The molecule has 0 aliphatic carbocycles. The first-order valence-electron chi connectivity index (χ1n) is 6.71. The van der Waals surface area contributed by atoms with E-state index in [1.807, 2.05) is 31.2 Å². The first-order chi connectivity index (χ1) is 9.18. The molecule has 1 atom stereocenters. The van der Waals surface area contributed by atoms with Gasteiger partial charge in [-0.05, 0) is 24.0 Å². The standard InChI is InChI=1S/C17H21NO/c1-13-7-6-10-16(17(13)19)12-18-11-14(2)15-8-4-3-5-9-15/h3-10,14,18-19H,11-12H2,1-2H3. The summed E-state index contributed by atoms with van der Waals surface area (Å²) in [5, 5.41) is 13.3. The third-order valence-corrected chi connectivity index (χ3v) is 3.46. The number of hydrogen-bond acceptors (Lipinski definition) is 2. The summed E-state index contributed by atoms with van der Waals surface area (Å²) in [6.07, 6.45) is 0. The molecule has 0 saturated carbocycles. The van der Waals surface area contributed by atoms with E-state index < -0.39 is 0 Å². The molecule has 2 heteroatoms. The molecule has 2 nitrogen and oxygen atoms in total. The highest BCUT2D eigenvalue weighted by Gasteiger charge is 2.06. The Kier molecular flexibility index (Phi) is 4.58. The Balaban J connectivity index is 1.88.